The van der Waals surface area contributed by atoms with Crippen molar-refractivity contribution in [1.82, 2.24) is 13.9 Å². The van der Waals surface area contributed by atoms with Gasteiger partial charge in [-0.15, -0.1) is 0 Å². The predicted octanol–water partition coefficient (Wildman–Crippen LogP) is 1.25. The molecule has 1 N–H and O–H groups in total. The number of nitrogens with zero attached hydrogens (tertiary/aromatic N) is 2. The van der Waals surface area contributed by atoms with E-state index in [1.165, 1.54) is 42.7 Å². The summed E-state index contributed by atoms with van der Waals surface area (Å²) in [5.74, 6) is -0.559. The van der Waals surface area contributed by atoms with Gasteiger partial charge in [0.1, 0.15) is 0 Å². The summed E-state index contributed by atoms with van der Waals surface area (Å²) < 4.78 is 52.6. The van der Waals surface area contributed by atoms with Crippen LogP contribution in [0.25, 0.3) is 0 Å². The van der Waals surface area contributed by atoms with Crippen molar-refractivity contribution in [3.63, 3.8) is 0 Å². The smallest absolute Gasteiger partial charge is 0.243 e. The van der Waals surface area contributed by atoms with Gasteiger partial charge in [-0.05, 0) is 57.9 Å². The van der Waals surface area contributed by atoms with E-state index in [1.807, 2.05) is 20.8 Å². The Morgan fingerprint density at radius 1 is 1.07 bits per heavy atom. The van der Waals surface area contributed by atoms with Gasteiger partial charge in [0.25, 0.3) is 0 Å². The first-order valence-corrected chi connectivity index (χ1v) is 12.0. The molecule has 0 aliphatic carbocycles. The lowest BCUT2D eigenvalue weighted by molar-refractivity contribution is -0.127. The number of rotatable bonds is 5. The molecule has 1 fully saturated rings. The molecule has 1 aromatic rings. The second-order valence-corrected chi connectivity index (χ2v) is 12.3. The topological polar surface area (TPSA) is 104 Å². The van der Waals surface area contributed by atoms with Gasteiger partial charge in [-0.2, -0.15) is 4.31 Å². The molecular formula is C18H29N3O5S2. The molecule has 1 aliphatic heterocycles. The third-order valence-electron chi connectivity index (χ3n) is 4.49. The molecule has 0 radical (unpaired) electrons. The van der Waals surface area contributed by atoms with Gasteiger partial charge in [-0.25, -0.2) is 21.1 Å². The van der Waals surface area contributed by atoms with E-state index in [9.17, 15) is 21.6 Å². The Morgan fingerprint density at radius 3 is 2.11 bits per heavy atom. The largest absolute Gasteiger partial charge is 0.351 e. The number of amides is 1. The lowest BCUT2D eigenvalue weighted by atomic mass is 9.97. The normalized spacial score (nSPS) is 19.6. The van der Waals surface area contributed by atoms with Crippen LogP contribution in [0.1, 0.15) is 33.6 Å². The summed E-state index contributed by atoms with van der Waals surface area (Å²) in [5.41, 5.74) is -0.383. The van der Waals surface area contributed by atoms with Crippen LogP contribution in [0.5, 0.6) is 0 Å². The molecule has 0 bridgehead atoms. The van der Waals surface area contributed by atoms with Gasteiger partial charge >= 0.3 is 0 Å². The molecule has 1 saturated heterocycles. The molecule has 1 heterocycles. The Hall–Kier alpha value is -1.49. The number of hydrogen-bond donors (Lipinski definition) is 1. The van der Waals surface area contributed by atoms with Crippen LogP contribution in [-0.2, 0) is 24.8 Å². The number of carbonyl (C=O) groups excluding carboxylic acids is 1. The first kappa shape index (κ1) is 22.8. The molecule has 1 amide bonds. The molecule has 28 heavy (non-hydrogen) atoms. The van der Waals surface area contributed by atoms with Gasteiger partial charge in [0, 0.05) is 32.7 Å². The second kappa shape index (κ2) is 8.10. The van der Waals surface area contributed by atoms with Crippen LogP contribution in [0.3, 0.4) is 0 Å². The van der Waals surface area contributed by atoms with Crippen molar-refractivity contribution in [3.05, 3.63) is 24.3 Å². The van der Waals surface area contributed by atoms with E-state index in [0.29, 0.717) is 19.4 Å². The zero-order valence-electron chi connectivity index (χ0n) is 17.0. The van der Waals surface area contributed by atoms with Crippen molar-refractivity contribution in [2.45, 2.75) is 48.9 Å². The van der Waals surface area contributed by atoms with Crippen LogP contribution in [0.4, 0.5) is 0 Å². The Balaban J connectivity index is 2.21. The minimum Gasteiger partial charge on any atom is -0.351 e. The quantitative estimate of drug-likeness (QED) is 0.756. The van der Waals surface area contributed by atoms with Crippen molar-refractivity contribution in [3.8, 4) is 0 Å². The summed E-state index contributed by atoms with van der Waals surface area (Å²) >= 11 is 0. The van der Waals surface area contributed by atoms with Gasteiger partial charge < -0.3 is 5.32 Å². The van der Waals surface area contributed by atoms with Gasteiger partial charge in [0.05, 0.1) is 15.7 Å². The first-order valence-electron chi connectivity index (χ1n) is 9.10. The van der Waals surface area contributed by atoms with Gasteiger partial charge in [0.15, 0.2) is 0 Å². The predicted molar refractivity (Wildman–Crippen MR) is 107 cm³/mol. The average molecular weight is 432 g/mol. The van der Waals surface area contributed by atoms with E-state index < -0.39 is 26.0 Å². The highest BCUT2D eigenvalue weighted by Crippen LogP contribution is 2.25. The molecule has 0 saturated carbocycles. The van der Waals surface area contributed by atoms with Gasteiger partial charge in [-0.3, -0.25) is 4.79 Å². The van der Waals surface area contributed by atoms with Crippen molar-refractivity contribution < 1.29 is 21.6 Å². The Morgan fingerprint density at radius 2 is 1.61 bits per heavy atom. The van der Waals surface area contributed by atoms with Crippen LogP contribution in [0.2, 0.25) is 0 Å². The second-order valence-electron chi connectivity index (χ2n) is 8.20. The van der Waals surface area contributed by atoms with Crippen LogP contribution < -0.4 is 5.32 Å². The summed E-state index contributed by atoms with van der Waals surface area (Å²) in [6, 6.07) is 5.17. The van der Waals surface area contributed by atoms with Crippen LogP contribution >= 0.6 is 0 Å². The van der Waals surface area contributed by atoms with Gasteiger partial charge in [0.2, 0.25) is 26.0 Å². The number of piperidine rings is 1. The maximum absolute atomic E-state index is 13.0. The summed E-state index contributed by atoms with van der Waals surface area (Å²) in [7, 11) is -4.61. The van der Waals surface area contributed by atoms with Crippen molar-refractivity contribution in [2.24, 2.45) is 5.92 Å². The highest BCUT2D eigenvalue weighted by molar-refractivity contribution is 7.89. The van der Waals surface area contributed by atoms with Crippen molar-refractivity contribution in [1.29, 1.82) is 0 Å². The zero-order valence-corrected chi connectivity index (χ0v) is 18.6. The zero-order chi connectivity index (χ0) is 21.3. The summed E-state index contributed by atoms with van der Waals surface area (Å²) in [6.45, 7) is 6.09. The molecule has 1 unspecified atom stereocenters. The standard InChI is InChI=1S/C18H29N3O5S2/c1-18(2,3)19-17(22)14-7-6-12-21(13-14)28(25,26)16-10-8-15(9-11-16)27(23,24)20(4)5/h8-11,14H,6-7,12-13H2,1-5H3,(H,19,22). The minimum absolute atomic E-state index is 0.0158. The number of hydrogen-bond acceptors (Lipinski definition) is 5. The lowest BCUT2D eigenvalue weighted by Gasteiger charge is -2.33. The third-order valence-corrected chi connectivity index (χ3v) is 8.20. The Bertz CT molecular complexity index is 917. The SMILES string of the molecule is CN(C)S(=O)(=O)c1ccc(S(=O)(=O)N2CCCC(C(=O)NC(C)(C)C)C2)cc1. The molecule has 1 atom stereocenters. The van der Waals surface area contributed by atoms with E-state index in [4.69, 9.17) is 0 Å². The highest BCUT2D eigenvalue weighted by atomic mass is 32.2. The fourth-order valence-electron chi connectivity index (χ4n) is 2.99. The molecule has 1 aromatic carbocycles. The average Bonchev–Trinajstić information content (AvgIpc) is 2.60. The van der Waals surface area contributed by atoms with E-state index >= 15 is 0 Å². The summed E-state index contributed by atoms with van der Waals surface area (Å²) in [4.78, 5) is 12.5. The maximum Gasteiger partial charge on any atom is 0.243 e. The highest BCUT2D eigenvalue weighted by Gasteiger charge is 2.34. The Labute approximate surface area is 168 Å². The minimum atomic E-state index is -3.81. The molecule has 0 spiro atoms. The van der Waals surface area contributed by atoms with Crippen LogP contribution in [-0.4, -0.2) is 64.1 Å². The van der Waals surface area contributed by atoms with Gasteiger partial charge in [-0.1, -0.05) is 0 Å². The van der Waals surface area contributed by atoms with Crippen LogP contribution in [0, 0.1) is 5.92 Å². The number of nitrogens with one attached hydrogen (secondary N) is 1. The Kier molecular flexibility index (Phi) is 6.59. The van der Waals surface area contributed by atoms with E-state index in [2.05, 4.69) is 5.32 Å². The molecule has 2 rings (SSSR count). The molecular weight excluding hydrogens is 402 g/mol. The molecule has 1 aliphatic rings. The first-order chi connectivity index (χ1) is 12.7. The van der Waals surface area contributed by atoms with E-state index in [0.717, 1.165) is 4.31 Å². The maximum atomic E-state index is 13.0. The van der Waals surface area contributed by atoms with Crippen molar-refractivity contribution >= 4 is 26.0 Å². The number of benzene rings is 1. The molecule has 10 heteroatoms. The monoisotopic (exact) mass is 431 g/mol. The lowest BCUT2D eigenvalue weighted by Crippen LogP contribution is -2.49. The van der Waals surface area contributed by atoms with E-state index in [1.54, 1.807) is 0 Å². The number of sulfonamides is 2. The fraction of sp³-hybridized carbons (Fsp3) is 0.611. The summed E-state index contributed by atoms with van der Waals surface area (Å²) in [5, 5.41) is 2.90. The van der Waals surface area contributed by atoms with E-state index in [-0.39, 0.29) is 27.8 Å². The third kappa shape index (κ3) is 5.11. The molecule has 158 valence electrons. The van der Waals surface area contributed by atoms with Crippen molar-refractivity contribution in [2.75, 3.05) is 27.2 Å². The van der Waals surface area contributed by atoms with Crippen LogP contribution in [0.15, 0.2) is 34.1 Å². The number of carbonyl (C=O) groups is 1. The summed E-state index contributed by atoms with van der Waals surface area (Å²) in [6.07, 6.45) is 1.22. The fourth-order valence-corrected chi connectivity index (χ4v) is 5.42. The molecule has 8 nitrogen and oxygen atoms in total. The molecule has 0 aromatic heterocycles.